The van der Waals surface area contributed by atoms with E-state index in [1.807, 2.05) is 36.4 Å². The molecule has 5 nitrogen and oxygen atoms in total. The number of hydrogen-bond donors (Lipinski definition) is 1. The monoisotopic (exact) mass is 298 g/mol. The fourth-order valence-electron chi connectivity index (χ4n) is 1.21. The Hall–Kier alpha value is -1.94. The standard InChI is InChI=1S/C10H8O.2CH2O2.Zn/c11-10-7-3-5-8-4-1-2-6-9(8)10;2*2-1-3;/h1-7,11H;2*1H,(H,2,3);/q;;;+2/p-2. The van der Waals surface area contributed by atoms with Crippen molar-refractivity contribution < 1.29 is 44.4 Å². The first-order valence-corrected chi connectivity index (χ1v) is 4.49. The average molecular weight is 300 g/mol. The van der Waals surface area contributed by atoms with Gasteiger partial charge in [-0.15, -0.1) is 0 Å². The third kappa shape index (κ3) is 6.60. The smallest absolute Gasteiger partial charge is 0.554 e. The Balaban J connectivity index is 0. The Morgan fingerprint density at radius 3 is 1.83 bits per heavy atom. The van der Waals surface area contributed by atoms with Gasteiger partial charge in [-0.2, -0.15) is 0 Å². The number of carbonyl (C=O) groups excluding carboxylic acids is 2. The minimum absolute atomic E-state index is 0. The molecule has 0 atom stereocenters. The zero-order chi connectivity index (χ0) is 13.1. The summed E-state index contributed by atoms with van der Waals surface area (Å²) in [6.07, 6.45) is 0. The van der Waals surface area contributed by atoms with Gasteiger partial charge in [-0.05, 0) is 11.5 Å². The number of phenolic OH excluding ortho intramolecular Hbond substituents is 1. The quantitative estimate of drug-likeness (QED) is 0.511. The summed E-state index contributed by atoms with van der Waals surface area (Å²) in [5.41, 5.74) is 0. The second-order valence-electron chi connectivity index (χ2n) is 2.69. The van der Waals surface area contributed by atoms with Gasteiger partial charge in [0.2, 0.25) is 0 Å². The molecule has 0 heterocycles. The Kier molecular flexibility index (Phi) is 11.8. The number of aromatic hydroxyl groups is 1. The van der Waals surface area contributed by atoms with E-state index in [-0.39, 0.29) is 19.5 Å². The van der Waals surface area contributed by atoms with E-state index in [9.17, 15) is 5.11 Å². The number of fused-ring (bicyclic) bond motifs is 1. The number of phenols is 1. The van der Waals surface area contributed by atoms with E-state index in [1.165, 1.54) is 0 Å². The van der Waals surface area contributed by atoms with Crippen LogP contribution in [0.3, 0.4) is 0 Å². The van der Waals surface area contributed by atoms with Crippen LogP contribution in [0.25, 0.3) is 10.8 Å². The van der Waals surface area contributed by atoms with Crippen LogP contribution in [0.5, 0.6) is 5.75 Å². The van der Waals surface area contributed by atoms with E-state index in [1.54, 1.807) is 6.07 Å². The number of rotatable bonds is 0. The van der Waals surface area contributed by atoms with Crippen molar-refractivity contribution >= 4 is 23.7 Å². The molecular formula is C12H10O5Zn. The summed E-state index contributed by atoms with van der Waals surface area (Å²) in [6, 6.07) is 13.3. The van der Waals surface area contributed by atoms with Gasteiger partial charge >= 0.3 is 19.5 Å². The van der Waals surface area contributed by atoms with Crippen LogP contribution in [-0.4, -0.2) is 18.1 Å². The molecule has 0 saturated carbocycles. The van der Waals surface area contributed by atoms with Crippen LogP contribution in [0.2, 0.25) is 0 Å². The number of carboxylic acid groups (broad SMARTS) is 2. The van der Waals surface area contributed by atoms with Gasteiger partial charge in [0.05, 0.1) is 0 Å². The summed E-state index contributed by atoms with van der Waals surface area (Å²) in [6.45, 7) is -1.00. The first-order chi connectivity index (χ1) is 8.21. The molecule has 90 valence electrons. The second kappa shape index (κ2) is 11.5. The molecule has 0 aromatic heterocycles. The Morgan fingerprint density at radius 2 is 1.33 bits per heavy atom. The topological polar surface area (TPSA) is 100 Å². The van der Waals surface area contributed by atoms with Crippen molar-refractivity contribution in [2.24, 2.45) is 0 Å². The van der Waals surface area contributed by atoms with Crippen molar-refractivity contribution in [2.45, 2.75) is 0 Å². The van der Waals surface area contributed by atoms with Crippen molar-refractivity contribution in [1.82, 2.24) is 0 Å². The third-order valence-electron chi connectivity index (χ3n) is 1.77. The molecule has 0 spiro atoms. The first-order valence-electron chi connectivity index (χ1n) is 4.49. The zero-order valence-corrected chi connectivity index (χ0v) is 12.5. The molecule has 6 heteroatoms. The van der Waals surface area contributed by atoms with E-state index >= 15 is 0 Å². The molecule has 0 fully saturated rings. The van der Waals surface area contributed by atoms with Crippen LogP contribution in [-0.2, 0) is 29.1 Å². The molecule has 0 amide bonds. The average Bonchev–Trinajstić information content (AvgIpc) is 2.32. The molecule has 0 unspecified atom stereocenters. The molecule has 0 aliphatic rings. The van der Waals surface area contributed by atoms with Crippen molar-refractivity contribution in [1.29, 1.82) is 0 Å². The maximum atomic E-state index is 9.37. The minimum Gasteiger partial charge on any atom is -0.554 e. The van der Waals surface area contributed by atoms with Gasteiger partial charge in [0.25, 0.3) is 0 Å². The van der Waals surface area contributed by atoms with E-state index < -0.39 is 12.9 Å². The summed E-state index contributed by atoms with van der Waals surface area (Å²) in [7, 11) is 0. The molecule has 2 aromatic rings. The van der Waals surface area contributed by atoms with E-state index in [0.717, 1.165) is 10.8 Å². The number of benzene rings is 2. The molecule has 0 saturated heterocycles. The number of carbonyl (C=O) groups is 2. The molecule has 0 radical (unpaired) electrons. The van der Waals surface area contributed by atoms with Crippen LogP contribution in [0.4, 0.5) is 0 Å². The largest absolute Gasteiger partial charge is 2.00 e. The second-order valence-corrected chi connectivity index (χ2v) is 2.69. The molecule has 18 heavy (non-hydrogen) atoms. The van der Waals surface area contributed by atoms with E-state index in [2.05, 4.69) is 0 Å². The van der Waals surface area contributed by atoms with Crippen molar-refractivity contribution in [2.75, 3.05) is 0 Å². The van der Waals surface area contributed by atoms with E-state index in [0.29, 0.717) is 5.75 Å². The zero-order valence-electron chi connectivity index (χ0n) is 9.48. The predicted octanol–water partition coefficient (Wildman–Crippen LogP) is -0.725. The molecular weight excluding hydrogens is 290 g/mol. The predicted molar refractivity (Wildman–Crippen MR) is 57.7 cm³/mol. The van der Waals surface area contributed by atoms with Gasteiger partial charge in [0, 0.05) is 18.3 Å². The van der Waals surface area contributed by atoms with Gasteiger partial charge in [0.1, 0.15) is 5.75 Å². The fourth-order valence-corrected chi connectivity index (χ4v) is 1.21. The Labute approximate surface area is 116 Å². The van der Waals surface area contributed by atoms with Crippen molar-refractivity contribution in [3.63, 3.8) is 0 Å². The maximum absolute atomic E-state index is 9.37. The van der Waals surface area contributed by atoms with Crippen LogP contribution in [0.1, 0.15) is 0 Å². The molecule has 2 rings (SSSR count). The van der Waals surface area contributed by atoms with Crippen molar-refractivity contribution in [3.8, 4) is 5.75 Å². The summed E-state index contributed by atoms with van der Waals surface area (Å²) >= 11 is 0. The van der Waals surface area contributed by atoms with Crippen LogP contribution in [0, 0.1) is 0 Å². The van der Waals surface area contributed by atoms with Crippen LogP contribution < -0.4 is 10.2 Å². The summed E-state index contributed by atoms with van der Waals surface area (Å²) in [5.74, 6) is 0.350. The van der Waals surface area contributed by atoms with Gasteiger partial charge in [-0.3, -0.25) is 0 Å². The summed E-state index contributed by atoms with van der Waals surface area (Å²) in [4.78, 5) is 16.5. The Morgan fingerprint density at radius 1 is 0.889 bits per heavy atom. The van der Waals surface area contributed by atoms with E-state index in [4.69, 9.17) is 19.8 Å². The summed E-state index contributed by atoms with van der Waals surface area (Å²) in [5, 5.41) is 27.9. The van der Waals surface area contributed by atoms with Gasteiger partial charge in [-0.1, -0.05) is 36.4 Å². The fraction of sp³-hybridized carbons (Fsp3) is 0. The van der Waals surface area contributed by atoms with Gasteiger partial charge in [-0.25, -0.2) is 0 Å². The van der Waals surface area contributed by atoms with Crippen molar-refractivity contribution in [3.05, 3.63) is 42.5 Å². The van der Waals surface area contributed by atoms with Gasteiger partial charge in [0.15, 0.2) is 0 Å². The Bertz CT molecular complexity index is 461. The minimum atomic E-state index is -0.500. The normalized spacial score (nSPS) is 7.56. The van der Waals surface area contributed by atoms with Crippen LogP contribution in [0.15, 0.2) is 42.5 Å². The number of hydrogen-bond acceptors (Lipinski definition) is 5. The first kappa shape index (κ1) is 18.4. The third-order valence-corrected chi connectivity index (χ3v) is 1.77. The summed E-state index contributed by atoms with van der Waals surface area (Å²) < 4.78 is 0. The van der Waals surface area contributed by atoms with Crippen LogP contribution >= 0.6 is 0 Å². The molecule has 0 aliphatic heterocycles. The SMILES string of the molecule is O=C[O-].O=C[O-].Oc1cccc2ccccc12.[Zn+2]. The van der Waals surface area contributed by atoms with Gasteiger partial charge < -0.3 is 24.9 Å². The maximum Gasteiger partial charge on any atom is 2.00 e. The molecule has 0 bridgehead atoms. The molecule has 2 aromatic carbocycles. The molecule has 1 N–H and O–H groups in total. The molecule has 0 aliphatic carbocycles.